The van der Waals surface area contributed by atoms with E-state index in [9.17, 15) is 4.79 Å². The zero-order valence-corrected chi connectivity index (χ0v) is 14.8. The smallest absolute Gasteiger partial charge is 0.261 e. The molecule has 24 heavy (non-hydrogen) atoms. The van der Waals surface area contributed by atoms with Gasteiger partial charge in [0.25, 0.3) is 5.91 Å². The van der Waals surface area contributed by atoms with Crippen molar-refractivity contribution in [3.8, 4) is 0 Å². The van der Waals surface area contributed by atoms with Gasteiger partial charge < -0.3 is 10.6 Å². The van der Waals surface area contributed by atoms with Crippen molar-refractivity contribution < 1.29 is 4.79 Å². The van der Waals surface area contributed by atoms with Crippen LogP contribution >= 0.6 is 11.3 Å². The van der Waals surface area contributed by atoms with Gasteiger partial charge in [-0.05, 0) is 25.1 Å². The Kier molecular flexibility index (Phi) is 5.27. The summed E-state index contributed by atoms with van der Waals surface area (Å²) in [5.41, 5.74) is 2.16. The molecule has 6 heteroatoms. The lowest BCUT2D eigenvalue weighted by molar-refractivity contribution is 0.0958. The van der Waals surface area contributed by atoms with Gasteiger partial charge in [-0.15, -0.1) is 11.3 Å². The molecule has 0 unspecified atom stereocenters. The molecule has 0 bridgehead atoms. The van der Waals surface area contributed by atoms with E-state index in [1.807, 2.05) is 35.9 Å². The number of thiophene rings is 1. The normalized spacial score (nSPS) is 11.1. The Morgan fingerprint density at radius 1 is 1.25 bits per heavy atom. The number of carbonyl (C=O) groups is 1. The number of carbonyl (C=O) groups excluding carboxylic acids is 1. The molecule has 126 valence electrons. The van der Waals surface area contributed by atoms with E-state index in [1.165, 1.54) is 16.9 Å². The third kappa shape index (κ3) is 3.66. The highest BCUT2D eigenvalue weighted by atomic mass is 32.1. The van der Waals surface area contributed by atoms with Gasteiger partial charge in [0.2, 0.25) is 0 Å². The third-order valence-corrected chi connectivity index (χ3v) is 4.99. The van der Waals surface area contributed by atoms with Crippen LogP contribution in [0.5, 0.6) is 0 Å². The summed E-state index contributed by atoms with van der Waals surface area (Å²) in [6, 6.07) is 12.2. The molecule has 3 rings (SSSR count). The van der Waals surface area contributed by atoms with E-state index in [-0.39, 0.29) is 5.91 Å². The molecule has 0 atom stereocenters. The first-order chi connectivity index (χ1) is 11.7. The Balaban J connectivity index is 1.78. The lowest BCUT2D eigenvalue weighted by Gasteiger charge is -2.04. The predicted octanol–water partition coefficient (Wildman–Crippen LogP) is 2.79. The number of nitrogens with zero attached hydrogens (tertiary/aromatic N) is 2. The van der Waals surface area contributed by atoms with Gasteiger partial charge in [-0.25, -0.2) is 0 Å². The zero-order valence-electron chi connectivity index (χ0n) is 14.0. The fourth-order valence-electron chi connectivity index (χ4n) is 2.62. The molecular weight excluding hydrogens is 320 g/mol. The first-order valence-electron chi connectivity index (χ1n) is 8.19. The van der Waals surface area contributed by atoms with Gasteiger partial charge in [0.15, 0.2) is 0 Å². The van der Waals surface area contributed by atoms with Gasteiger partial charge >= 0.3 is 0 Å². The summed E-state index contributed by atoms with van der Waals surface area (Å²) in [7, 11) is 0. The number of rotatable bonds is 7. The van der Waals surface area contributed by atoms with Crippen LogP contribution in [0.4, 0.5) is 0 Å². The topological polar surface area (TPSA) is 58.9 Å². The molecule has 0 radical (unpaired) electrons. The van der Waals surface area contributed by atoms with Crippen LogP contribution in [0.3, 0.4) is 0 Å². The summed E-state index contributed by atoms with van der Waals surface area (Å²) in [5, 5.41) is 11.8. The van der Waals surface area contributed by atoms with Crippen LogP contribution in [0.2, 0.25) is 0 Å². The lowest BCUT2D eigenvalue weighted by atomic mass is 10.2. The van der Waals surface area contributed by atoms with E-state index in [0.717, 1.165) is 33.9 Å². The van der Waals surface area contributed by atoms with Gasteiger partial charge in [0.1, 0.15) is 4.83 Å². The Morgan fingerprint density at radius 2 is 2.04 bits per heavy atom. The highest BCUT2D eigenvalue weighted by molar-refractivity contribution is 7.20. The number of amides is 1. The second-order valence-electron chi connectivity index (χ2n) is 5.67. The fraction of sp³-hybridized carbons (Fsp3) is 0.333. The number of hydrogen-bond acceptors (Lipinski definition) is 4. The van der Waals surface area contributed by atoms with Crippen molar-refractivity contribution in [1.29, 1.82) is 0 Å². The number of aryl methyl sites for hydroxylation is 1. The number of hydrogen-bond donors (Lipinski definition) is 2. The molecule has 5 nitrogen and oxygen atoms in total. The van der Waals surface area contributed by atoms with Gasteiger partial charge in [-0.3, -0.25) is 9.48 Å². The Labute approximate surface area is 145 Å². The summed E-state index contributed by atoms with van der Waals surface area (Å²) in [6.45, 7) is 7.09. The average Bonchev–Trinajstić information content (AvgIpc) is 3.14. The third-order valence-electron chi connectivity index (χ3n) is 3.84. The summed E-state index contributed by atoms with van der Waals surface area (Å²) in [4.78, 5) is 14.1. The Hall–Kier alpha value is -2.18. The van der Waals surface area contributed by atoms with Gasteiger partial charge in [0.05, 0.1) is 17.1 Å². The maximum atomic E-state index is 12.3. The van der Waals surface area contributed by atoms with Crippen LogP contribution in [-0.4, -0.2) is 35.3 Å². The fourth-order valence-corrected chi connectivity index (χ4v) is 3.69. The molecule has 0 saturated heterocycles. The van der Waals surface area contributed by atoms with E-state index < -0.39 is 0 Å². The van der Waals surface area contributed by atoms with Crippen LogP contribution in [0, 0.1) is 6.92 Å². The highest BCUT2D eigenvalue weighted by Gasteiger charge is 2.16. The molecule has 2 aromatic heterocycles. The first kappa shape index (κ1) is 16.7. The van der Waals surface area contributed by atoms with Crippen molar-refractivity contribution >= 4 is 27.5 Å². The van der Waals surface area contributed by atoms with E-state index in [1.54, 1.807) is 0 Å². The van der Waals surface area contributed by atoms with E-state index in [2.05, 4.69) is 34.8 Å². The molecule has 0 spiro atoms. The minimum absolute atomic E-state index is 0.0141. The maximum absolute atomic E-state index is 12.3. The molecule has 0 saturated carbocycles. The molecule has 0 aliphatic rings. The number of nitrogens with one attached hydrogen (secondary N) is 2. The largest absolute Gasteiger partial charge is 0.350 e. The average molecular weight is 342 g/mol. The van der Waals surface area contributed by atoms with Crippen LogP contribution in [-0.2, 0) is 6.54 Å². The van der Waals surface area contributed by atoms with Gasteiger partial charge in [-0.1, -0.05) is 37.3 Å². The molecule has 0 fully saturated rings. The number of likely N-dealkylation sites (N-methyl/N-ethyl adjacent to an activating group) is 1. The van der Waals surface area contributed by atoms with E-state index in [0.29, 0.717) is 13.1 Å². The quantitative estimate of drug-likeness (QED) is 0.649. The van der Waals surface area contributed by atoms with E-state index >= 15 is 0 Å². The van der Waals surface area contributed by atoms with Crippen molar-refractivity contribution in [2.45, 2.75) is 20.4 Å². The molecule has 3 aromatic rings. The number of benzene rings is 1. The SMILES string of the molecule is CCNCCNC(=O)c1cc2c(C)nn(Cc3ccccc3)c2s1. The van der Waals surface area contributed by atoms with Crippen molar-refractivity contribution in [3.63, 3.8) is 0 Å². The summed E-state index contributed by atoms with van der Waals surface area (Å²) >= 11 is 1.50. The van der Waals surface area contributed by atoms with Crippen molar-refractivity contribution in [2.75, 3.05) is 19.6 Å². The minimum Gasteiger partial charge on any atom is -0.350 e. The lowest BCUT2D eigenvalue weighted by Crippen LogP contribution is -2.31. The Bertz CT molecular complexity index is 822. The molecule has 0 aliphatic heterocycles. The predicted molar refractivity (Wildman–Crippen MR) is 98.8 cm³/mol. The highest BCUT2D eigenvalue weighted by Crippen LogP contribution is 2.28. The second kappa shape index (κ2) is 7.59. The Morgan fingerprint density at radius 3 is 2.79 bits per heavy atom. The van der Waals surface area contributed by atoms with Crippen LogP contribution in [0.1, 0.15) is 27.9 Å². The minimum atomic E-state index is -0.0141. The zero-order chi connectivity index (χ0) is 16.9. The molecule has 1 aromatic carbocycles. The number of fused-ring (bicyclic) bond motifs is 1. The molecule has 1 amide bonds. The standard InChI is InChI=1S/C18H22N4OS/c1-3-19-9-10-20-17(23)16-11-15-13(2)21-22(18(15)24-16)12-14-7-5-4-6-8-14/h4-8,11,19H,3,9-10,12H2,1-2H3,(H,20,23). The first-order valence-corrected chi connectivity index (χ1v) is 9.00. The van der Waals surface area contributed by atoms with Crippen LogP contribution < -0.4 is 10.6 Å². The summed E-state index contributed by atoms with van der Waals surface area (Å²) in [6.07, 6.45) is 0. The molecular formula is C18H22N4OS. The molecule has 2 N–H and O–H groups in total. The van der Waals surface area contributed by atoms with Gasteiger partial charge in [-0.2, -0.15) is 5.10 Å². The number of aromatic nitrogens is 2. The summed E-state index contributed by atoms with van der Waals surface area (Å²) in [5.74, 6) is -0.0141. The maximum Gasteiger partial charge on any atom is 0.261 e. The monoisotopic (exact) mass is 342 g/mol. The van der Waals surface area contributed by atoms with Crippen molar-refractivity contribution in [3.05, 3.63) is 52.5 Å². The molecule has 2 heterocycles. The molecule has 0 aliphatic carbocycles. The van der Waals surface area contributed by atoms with E-state index in [4.69, 9.17) is 0 Å². The van der Waals surface area contributed by atoms with Crippen molar-refractivity contribution in [1.82, 2.24) is 20.4 Å². The second-order valence-corrected chi connectivity index (χ2v) is 6.70. The van der Waals surface area contributed by atoms with Crippen LogP contribution in [0.15, 0.2) is 36.4 Å². The van der Waals surface area contributed by atoms with Crippen LogP contribution in [0.25, 0.3) is 10.2 Å². The van der Waals surface area contributed by atoms with Gasteiger partial charge in [0, 0.05) is 18.5 Å². The van der Waals surface area contributed by atoms with Crippen molar-refractivity contribution in [2.24, 2.45) is 0 Å². The summed E-state index contributed by atoms with van der Waals surface area (Å²) < 4.78 is 1.99.